The summed E-state index contributed by atoms with van der Waals surface area (Å²) in [5, 5.41) is 12.6. The van der Waals surface area contributed by atoms with Crippen molar-refractivity contribution in [2.24, 2.45) is 19.5 Å². The molecule has 7 nitrogen and oxygen atoms in total. The van der Waals surface area contributed by atoms with Gasteiger partial charge in [0.2, 0.25) is 0 Å². The first-order valence-electron chi connectivity index (χ1n) is 9.45. The molecule has 1 atom stereocenters. The maximum Gasteiger partial charge on any atom is 0.272 e. The average Bonchev–Trinajstić information content (AvgIpc) is 3.27. The van der Waals surface area contributed by atoms with Gasteiger partial charge in [-0.05, 0) is 45.7 Å². The lowest BCUT2D eigenvalue weighted by atomic mass is 9.79. The lowest BCUT2D eigenvalue weighted by Gasteiger charge is -2.39. The van der Waals surface area contributed by atoms with Gasteiger partial charge in [0.15, 0.2) is 0 Å². The van der Waals surface area contributed by atoms with Gasteiger partial charge in [-0.15, -0.1) is 0 Å². The molecule has 2 aliphatic rings. The average molecular weight is 356 g/mol. The summed E-state index contributed by atoms with van der Waals surface area (Å²) in [6.07, 6.45) is 3.47. The molecule has 140 valence electrons. The van der Waals surface area contributed by atoms with Crippen LogP contribution in [0.2, 0.25) is 0 Å². The first-order chi connectivity index (χ1) is 12.4. The quantitative estimate of drug-likeness (QED) is 0.888. The number of rotatable bonds is 2. The Kier molecular flexibility index (Phi) is 4.14. The molecule has 0 aromatic carbocycles. The maximum atomic E-state index is 13.2. The summed E-state index contributed by atoms with van der Waals surface area (Å²) in [5.41, 5.74) is 4.78. The number of carbonyl (C=O) groups excluding carboxylic acids is 1. The van der Waals surface area contributed by atoms with E-state index in [1.54, 1.807) is 4.68 Å². The van der Waals surface area contributed by atoms with Crippen LogP contribution >= 0.6 is 0 Å². The Morgan fingerprint density at radius 1 is 1.19 bits per heavy atom. The summed E-state index contributed by atoms with van der Waals surface area (Å²) in [4.78, 5) is 15.2. The SMILES string of the molecule is Cc1nn(C)c(C)c1-c1cc(C(=O)N2CCC[C@@]3(CCNC3)C2)n(C)n1. The van der Waals surface area contributed by atoms with Crippen molar-refractivity contribution in [3.8, 4) is 11.3 Å². The Balaban J connectivity index is 1.62. The van der Waals surface area contributed by atoms with Crippen LogP contribution in [0.4, 0.5) is 0 Å². The van der Waals surface area contributed by atoms with Gasteiger partial charge in [0.25, 0.3) is 5.91 Å². The van der Waals surface area contributed by atoms with Crippen LogP contribution in [0.25, 0.3) is 11.3 Å². The highest BCUT2D eigenvalue weighted by Gasteiger charge is 2.40. The van der Waals surface area contributed by atoms with Crippen molar-refractivity contribution in [3.63, 3.8) is 0 Å². The molecule has 4 rings (SSSR count). The molecule has 0 unspecified atom stereocenters. The van der Waals surface area contributed by atoms with Crippen LogP contribution in [0.1, 0.15) is 41.1 Å². The fraction of sp³-hybridized carbons (Fsp3) is 0.632. The highest BCUT2D eigenvalue weighted by molar-refractivity contribution is 5.94. The standard InChI is InChI=1S/C19H28N6O/c1-13-17(14(2)23(3)21-13)15-10-16(24(4)22-15)18(26)25-9-5-6-19(12-25)7-8-20-11-19/h10,20H,5-9,11-12H2,1-4H3/t19-/m0/s1. The molecule has 1 amide bonds. The largest absolute Gasteiger partial charge is 0.337 e. The third kappa shape index (κ3) is 2.74. The molecule has 2 aromatic heterocycles. The molecule has 2 aromatic rings. The fourth-order valence-electron chi connectivity index (χ4n) is 4.62. The molecule has 2 aliphatic heterocycles. The Labute approximate surface area is 154 Å². The van der Waals surface area contributed by atoms with Crippen molar-refractivity contribution in [2.45, 2.75) is 33.1 Å². The summed E-state index contributed by atoms with van der Waals surface area (Å²) < 4.78 is 3.58. The Hall–Kier alpha value is -2.15. The van der Waals surface area contributed by atoms with Crippen molar-refractivity contribution in [1.29, 1.82) is 0 Å². The van der Waals surface area contributed by atoms with Gasteiger partial charge in [0.1, 0.15) is 5.69 Å². The first-order valence-corrected chi connectivity index (χ1v) is 9.45. The predicted octanol–water partition coefficient (Wildman–Crippen LogP) is 1.65. The highest BCUT2D eigenvalue weighted by Crippen LogP contribution is 2.36. The minimum Gasteiger partial charge on any atom is -0.337 e. The number of amides is 1. The molecule has 0 radical (unpaired) electrons. The third-order valence-corrected chi connectivity index (χ3v) is 6.14. The molecule has 1 N–H and O–H groups in total. The van der Waals surface area contributed by atoms with Crippen LogP contribution in [0.3, 0.4) is 0 Å². The van der Waals surface area contributed by atoms with Gasteiger partial charge in [0.05, 0.1) is 11.4 Å². The number of aryl methyl sites for hydroxylation is 3. The van der Waals surface area contributed by atoms with Crippen LogP contribution in [-0.2, 0) is 14.1 Å². The number of piperidine rings is 1. The highest BCUT2D eigenvalue weighted by atomic mass is 16.2. The van der Waals surface area contributed by atoms with Gasteiger partial charge in [0, 0.05) is 50.4 Å². The molecule has 1 spiro atoms. The predicted molar refractivity (Wildman–Crippen MR) is 99.9 cm³/mol. The second-order valence-corrected chi connectivity index (χ2v) is 7.96. The number of nitrogens with zero attached hydrogens (tertiary/aromatic N) is 5. The Morgan fingerprint density at radius 3 is 2.65 bits per heavy atom. The van der Waals surface area contributed by atoms with Crippen molar-refractivity contribution >= 4 is 5.91 Å². The third-order valence-electron chi connectivity index (χ3n) is 6.14. The minimum absolute atomic E-state index is 0.0939. The summed E-state index contributed by atoms with van der Waals surface area (Å²) in [6.45, 7) is 7.81. The van der Waals surface area contributed by atoms with E-state index in [1.807, 2.05) is 43.6 Å². The number of aromatic nitrogens is 4. The van der Waals surface area contributed by atoms with Gasteiger partial charge in [-0.2, -0.15) is 10.2 Å². The van der Waals surface area contributed by atoms with E-state index in [4.69, 9.17) is 0 Å². The number of likely N-dealkylation sites (tertiary alicyclic amines) is 1. The van der Waals surface area contributed by atoms with Crippen molar-refractivity contribution < 1.29 is 4.79 Å². The molecule has 0 bridgehead atoms. The van der Waals surface area contributed by atoms with Crippen molar-refractivity contribution in [2.75, 3.05) is 26.2 Å². The van der Waals surface area contributed by atoms with Gasteiger partial charge >= 0.3 is 0 Å². The molecule has 0 aliphatic carbocycles. The monoisotopic (exact) mass is 356 g/mol. The number of nitrogens with one attached hydrogen (secondary N) is 1. The van der Waals surface area contributed by atoms with Crippen LogP contribution in [0.5, 0.6) is 0 Å². The first kappa shape index (κ1) is 17.3. The molecule has 2 saturated heterocycles. The van der Waals surface area contributed by atoms with Gasteiger partial charge in [-0.1, -0.05) is 0 Å². The zero-order chi connectivity index (χ0) is 18.5. The van der Waals surface area contributed by atoms with Crippen molar-refractivity contribution in [3.05, 3.63) is 23.1 Å². The summed E-state index contributed by atoms with van der Waals surface area (Å²) >= 11 is 0. The smallest absolute Gasteiger partial charge is 0.272 e. The Morgan fingerprint density at radius 2 is 2.00 bits per heavy atom. The zero-order valence-electron chi connectivity index (χ0n) is 16.2. The molecular formula is C19H28N6O. The normalized spacial score (nSPS) is 23.2. The summed E-state index contributed by atoms with van der Waals surface area (Å²) in [6, 6.07) is 1.92. The summed E-state index contributed by atoms with van der Waals surface area (Å²) in [7, 11) is 3.79. The zero-order valence-corrected chi connectivity index (χ0v) is 16.2. The second-order valence-electron chi connectivity index (χ2n) is 7.96. The van der Waals surface area contributed by atoms with E-state index in [0.717, 1.165) is 55.2 Å². The molecule has 2 fully saturated rings. The van der Waals surface area contributed by atoms with E-state index in [-0.39, 0.29) is 11.3 Å². The lowest BCUT2D eigenvalue weighted by molar-refractivity contribution is 0.0543. The van der Waals surface area contributed by atoms with E-state index >= 15 is 0 Å². The minimum atomic E-state index is 0.0939. The fourth-order valence-corrected chi connectivity index (χ4v) is 4.62. The van der Waals surface area contributed by atoms with Crippen molar-refractivity contribution in [1.82, 2.24) is 29.8 Å². The van der Waals surface area contributed by atoms with Gasteiger partial charge < -0.3 is 10.2 Å². The maximum absolute atomic E-state index is 13.2. The number of carbonyl (C=O) groups is 1. The molecule has 4 heterocycles. The van der Waals surface area contributed by atoms with Crippen LogP contribution < -0.4 is 5.32 Å². The molecular weight excluding hydrogens is 328 g/mol. The van der Waals surface area contributed by atoms with E-state index in [9.17, 15) is 4.79 Å². The topological polar surface area (TPSA) is 68.0 Å². The van der Waals surface area contributed by atoms with Crippen LogP contribution in [0.15, 0.2) is 6.07 Å². The van der Waals surface area contributed by atoms with Gasteiger partial charge in [-0.25, -0.2) is 0 Å². The Bertz CT molecular complexity index is 843. The summed E-state index contributed by atoms with van der Waals surface area (Å²) in [5.74, 6) is 0.0939. The van der Waals surface area contributed by atoms with E-state index in [2.05, 4.69) is 15.5 Å². The molecule has 0 saturated carbocycles. The number of hydrogen-bond acceptors (Lipinski definition) is 4. The van der Waals surface area contributed by atoms with Gasteiger partial charge in [-0.3, -0.25) is 14.2 Å². The van der Waals surface area contributed by atoms with E-state index in [1.165, 1.54) is 12.8 Å². The molecule has 7 heteroatoms. The van der Waals surface area contributed by atoms with Crippen LogP contribution in [0, 0.1) is 19.3 Å². The molecule has 26 heavy (non-hydrogen) atoms. The van der Waals surface area contributed by atoms with E-state index in [0.29, 0.717) is 5.69 Å². The van der Waals surface area contributed by atoms with Crippen LogP contribution in [-0.4, -0.2) is 56.5 Å². The lowest BCUT2D eigenvalue weighted by Crippen LogP contribution is -2.47. The second kappa shape index (κ2) is 6.23. The number of hydrogen-bond donors (Lipinski definition) is 1. The van der Waals surface area contributed by atoms with E-state index < -0.39 is 0 Å².